The smallest absolute Gasteiger partial charge is 0.268 e. The van der Waals surface area contributed by atoms with E-state index in [2.05, 4.69) is 10.3 Å². The van der Waals surface area contributed by atoms with Crippen LogP contribution in [0.3, 0.4) is 0 Å². The Morgan fingerprint density at radius 2 is 2.05 bits per heavy atom. The number of carbonyl (C=O) groups is 2. The minimum atomic E-state index is -0.573. The van der Waals surface area contributed by atoms with E-state index in [0.717, 1.165) is 0 Å². The highest BCUT2D eigenvalue weighted by Gasteiger charge is 2.29. The molecule has 7 heteroatoms. The molecule has 1 rings (SSSR count). The molecule has 0 fully saturated rings. The van der Waals surface area contributed by atoms with Crippen molar-refractivity contribution in [3.05, 3.63) is 23.5 Å². The fraction of sp³-hybridized carbons (Fsp3) is 0.500. The summed E-state index contributed by atoms with van der Waals surface area (Å²) in [4.78, 5) is 25.7. The van der Waals surface area contributed by atoms with E-state index in [0.29, 0.717) is 12.2 Å². The molecule has 0 spiro atoms. The summed E-state index contributed by atoms with van der Waals surface area (Å²) in [6.45, 7) is 6.18. The molecule has 1 atom stereocenters. The van der Waals surface area contributed by atoms with Crippen LogP contribution < -0.4 is 16.8 Å². The van der Waals surface area contributed by atoms with Crippen LogP contribution in [0.15, 0.2) is 12.3 Å². The van der Waals surface area contributed by atoms with Crippen molar-refractivity contribution in [1.29, 1.82) is 0 Å². The van der Waals surface area contributed by atoms with Crippen molar-refractivity contribution in [3.63, 3.8) is 0 Å². The molecule has 6 N–H and O–H groups in total. The van der Waals surface area contributed by atoms with Crippen LogP contribution in [0.2, 0.25) is 0 Å². The maximum atomic E-state index is 12.0. The van der Waals surface area contributed by atoms with E-state index in [1.807, 2.05) is 20.8 Å². The van der Waals surface area contributed by atoms with E-state index < -0.39 is 11.4 Å². The van der Waals surface area contributed by atoms with Gasteiger partial charge in [0.15, 0.2) is 0 Å². The molecule has 19 heavy (non-hydrogen) atoms. The summed E-state index contributed by atoms with van der Waals surface area (Å²) in [5.41, 5.74) is 10.9. The Hall–Kier alpha value is -1.53. The summed E-state index contributed by atoms with van der Waals surface area (Å²) >= 11 is 0. The Kier molecular flexibility index (Phi) is 6.05. The number of aromatic nitrogens is 1. The van der Waals surface area contributed by atoms with Gasteiger partial charge in [0.2, 0.25) is 5.91 Å². The van der Waals surface area contributed by atoms with Gasteiger partial charge in [-0.05, 0) is 18.9 Å². The maximum absolute atomic E-state index is 12.0. The monoisotopic (exact) mass is 288 g/mol. The first-order valence-electron chi connectivity index (χ1n) is 5.81. The molecule has 0 aliphatic carbocycles. The van der Waals surface area contributed by atoms with Crippen LogP contribution >= 0.6 is 12.4 Å². The highest BCUT2D eigenvalue weighted by molar-refractivity contribution is 5.98. The van der Waals surface area contributed by atoms with Gasteiger partial charge in [0, 0.05) is 12.7 Å². The van der Waals surface area contributed by atoms with Crippen LogP contribution in [0.4, 0.5) is 0 Å². The largest absolute Gasteiger partial charge is 0.366 e. The number of rotatable bonds is 5. The van der Waals surface area contributed by atoms with Crippen molar-refractivity contribution in [2.45, 2.75) is 26.3 Å². The number of hydrogen-bond acceptors (Lipinski definition) is 3. The molecule has 0 saturated carbocycles. The zero-order valence-electron chi connectivity index (χ0n) is 11.3. The van der Waals surface area contributed by atoms with Crippen molar-refractivity contribution in [2.24, 2.45) is 17.4 Å². The van der Waals surface area contributed by atoms with Gasteiger partial charge in [-0.2, -0.15) is 0 Å². The fourth-order valence-corrected chi connectivity index (χ4v) is 1.43. The molecule has 6 nitrogen and oxygen atoms in total. The molecular weight excluding hydrogens is 268 g/mol. The Balaban J connectivity index is 0.00000324. The Bertz CT molecular complexity index is 458. The van der Waals surface area contributed by atoms with Gasteiger partial charge < -0.3 is 21.8 Å². The van der Waals surface area contributed by atoms with Gasteiger partial charge in [0.25, 0.3) is 5.91 Å². The lowest BCUT2D eigenvalue weighted by atomic mass is 9.88. The zero-order valence-corrected chi connectivity index (χ0v) is 12.1. The van der Waals surface area contributed by atoms with E-state index >= 15 is 0 Å². The summed E-state index contributed by atoms with van der Waals surface area (Å²) in [6, 6.07) is 1.43. The van der Waals surface area contributed by atoms with Gasteiger partial charge in [-0.15, -0.1) is 12.4 Å². The third kappa shape index (κ3) is 3.97. The fourth-order valence-electron chi connectivity index (χ4n) is 1.43. The van der Waals surface area contributed by atoms with Gasteiger partial charge in [-0.1, -0.05) is 13.8 Å². The van der Waals surface area contributed by atoms with Gasteiger partial charge >= 0.3 is 0 Å². The lowest BCUT2D eigenvalue weighted by Crippen LogP contribution is -2.55. The van der Waals surface area contributed by atoms with Gasteiger partial charge in [-0.25, -0.2) is 0 Å². The average Bonchev–Trinajstić information content (AvgIpc) is 2.77. The van der Waals surface area contributed by atoms with Crippen LogP contribution in [0, 0.1) is 5.92 Å². The third-order valence-corrected chi connectivity index (χ3v) is 3.31. The van der Waals surface area contributed by atoms with Crippen molar-refractivity contribution >= 4 is 24.2 Å². The third-order valence-electron chi connectivity index (χ3n) is 3.31. The Labute approximate surface area is 118 Å². The Morgan fingerprint density at radius 3 is 2.42 bits per heavy atom. The number of carbonyl (C=O) groups excluding carboxylic acids is 2. The first kappa shape index (κ1) is 17.5. The van der Waals surface area contributed by atoms with Crippen LogP contribution in [0.25, 0.3) is 0 Å². The first-order chi connectivity index (χ1) is 8.30. The molecule has 1 heterocycles. The quantitative estimate of drug-likeness (QED) is 0.637. The number of aromatic amines is 1. The van der Waals surface area contributed by atoms with E-state index in [-0.39, 0.29) is 29.8 Å². The molecule has 0 aromatic carbocycles. The average molecular weight is 289 g/mol. The molecule has 2 amide bonds. The number of nitrogens with one attached hydrogen (secondary N) is 2. The summed E-state index contributed by atoms with van der Waals surface area (Å²) in [5.74, 6) is -0.683. The van der Waals surface area contributed by atoms with E-state index in [1.165, 1.54) is 12.3 Å². The minimum absolute atomic E-state index is 0. The van der Waals surface area contributed by atoms with Crippen LogP contribution in [-0.4, -0.2) is 28.9 Å². The second kappa shape index (κ2) is 6.58. The van der Waals surface area contributed by atoms with Gasteiger partial charge in [0.1, 0.15) is 5.69 Å². The molecule has 0 aliphatic heterocycles. The molecule has 1 aromatic rings. The second-order valence-electron chi connectivity index (χ2n) is 4.90. The van der Waals surface area contributed by atoms with Crippen LogP contribution in [-0.2, 0) is 0 Å². The lowest BCUT2D eigenvalue weighted by molar-refractivity contribution is 0.0878. The van der Waals surface area contributed by atoms with Crippen LogP contribution in [0.5, 0.6) is 0 Å². The number of halogens is 1. The van der Waals surface area contributed by atoms with Gasteiger partial charge in [0.05, 0.1) is 11.1 Å². The minimum Gasteiger partial charge on any atom is -0.366 e. The number of hydrogen-bond donors (Lipinski definition) is 4. The first-order valence-corrected chi connectivity index (χ1v) is 5.81. The lowest BCUT2D eigenvalue weighted by Gasteiger charge is -2.33. The standard InChI is InChI=1S/C12H20N4O2.ClH/c1-7(2)12(3,6-13)16-11(18)9-4-8(5-15-9)10(14)17;/h4-5,7,15H,6,13H2,1-3H3,(H2,14,17)(H,16,18);1H. The Morgan fingerprint density at radius 1 is 1.47 bits per heavy atom. The summed E-state index contributed by atoms with van der Waals surface area (Å²) < 4.78 is 0. The van der Waals surface area contributed by atoms with E-state index in [1.54, 1.807) is 0 Å². The van der Waals surface area contributed by atoms with Crippen LogP contribution in [0.1, 0.15) is 41.6 Å². The van der Waals surface area contributed by atoms with E-state index in [4.69, 9.17) is 11.5 Å². The summed E-state index contributed by atoms with van der Waals surface area (Å²) in [5, 5.41) is 2.86. The molecule has 0 aliphatic rings. The summed E-state index contributed by atoms with van der Waals surface area (Å²) in [7, 11) is 0. The predicted molar refractivity (Wildman–Crippen MR) is 76.3 cm³/mol. The van der Waals surface area contributed by atoms with Crippen molar-refractivity contribution in [3.8, 4) is 0 Å². The zero-order chi connectivity index (χ0) is 13.9. The number of nitrogens with two attached hydrogens (primary N) is 2. The normalized spacial score (nSPS) is 13.5. The highest BCUT2D eigenvalue weighted by atomic mass is 35.5. The SMILES string of the molecule is CC(C)C(C)(CN)NC(=O)c1cc(C(N)=O)c[nH]1.Cl. The molecular formula is C12H21ClN4O2. The topological polar surface area (TPSA) is 114 Å². The predicted octanol–water partition coefficient (Wildman–Crippen LogP) is 0.639. The molecule has 0 radical (unpaired) electrons. The number of amides is 2. The van der Waals surface area contributed by atoms with Crippen molar-refractivity contribution in [1.82, 2.24) is 10.3 Å². The van der Waals surface area contributed by atoms with Gasteiger partial charge in [-0.3, -0.25) is 9.59 Å². The molecule has 1 unspecified atom stereocenters. The highest BCUT2D eigenvalue weighted by Crippen LogP contribution is 2.15. The molecule has 0 bridgehead atoms. The molecule has 0 saturated heterocycles. The maximum Gasteiger partial charge on any atom is 0.268 e. The summed E-state index contributed by atoms with van der Waals surface area (Å²) in [6.07, 6.45) is 1.41. The van der Waals surface area contributed by atoms with Crippen molar-refractivity contribution in [2.75, 3.05) is 6.54 Å². The number of primary amides is 1. The molecule has 1 aromatic heterocycles. The van der Waals surface area contributed by atoms with E-state index in [9.17, 15) is 9.59 Å². The second-order valence-corrected chi connectivity index (χ2v) is 4.90. The molecule has 108 valence electrons. The van der Waals surface area contributed by atoms with Crippen molar-refractivity contribution < 1.29 is 9.59 Å². The number of H-pyrrole nitrogens is 1.